The SMILES string of the molecule is Cc1nc2cc(CN3CCN(c4ncc(S)cn4)CC3)ccc2s1. The summed E-state index contributed by atoms with van der Waals surface area (Å²) in [5.41, 5.74) is 2.45. The van der Waals surface area contributed by atoms with Gasteiger partial charge in [0.25, 0.3) is 0 Å². The Morgan fingerprint density at radius 1 is 1.12 bits per heavy atom. The fourth-order valence-corrected chi connectivity index (χ4v) is 3.95. The van der Waals surface area contributed by atoms with E-state index in [1.54, 1.807) is 23.7 Å². The van der Waals surface area contributed by atoms with E-state index in [4.69, 9.17) is 0 Å². The molecule has 3 heterocycles. The van der Waals surface area contributed by atoms with Crippen LogP contribution in [0.4, 0.5) is 5.95 Å². The second-order valence-electron chi connectivity index (χ2n) is 6.04. The number of benzene rings is 1. The number of fused-ring (bicyclic) bond motifs is 1. The predicted molar refractivity (Wildman–Crippen MR) is 101 cm³/mol. The van der Waals surface area contributed by atoms with E-state index in [0.29, 0.717) is 0 Å². The molecule has 4 rings (SSSR count). The summed E-state index contributed by atoms with van der Waals surface area (Å²) in [6.07, 6.45) is 3.51. The van der Waals surface area contributed by atoms with Gasteiger partial charge in [-0.25, -0.2) is 15.0 Å². The second kappa shape index (κ2) is 6.66. The highest BCUT2D eigenvalue weighted by molar-refractivity contribution is 7.80. The van der Waals surface area contributed by atoms with Gasteiger partial charge < -0.3 is 4.90 Å². The van der Waals surface area contributed by atoms with E-state index in [0.717, 1.165) is 54.1 Å². The van der Waals surface area contributed by atoms with Gasteiger partial charge in [-0.2, -0.15) is 0 Å². The van der Waals surface area contributed by atoms with Gasteiger partial charge in [-0.05, 0) is 24.6 Å². The monoisotopic (exact) mass is 357 g/mol. The van der Waals surface area contributed by atoms with Gasteiger partial charge in [0.05, 0.1) is 15.2 Å². The average molecular weight is 358 g/mol. The van der Waals surface area contributed by atoms with Gasteiger partial charge in [0.15, 0.2) is 0 Å². The second-order valence-corrected chi connectivity index (χ2v) is 7.79. The molecule has 0 amide bonds. The first-order valence-corrected chi connectivity index (χ1v) is 9.28. The van der Waals surface area contributed by atoms with E-state index < -0.39 is 0 Å². The number of piperazine rings is 1. The molecule has 0 saturated carbocycles. The predicted octanol–water partition coefficient (Wildman–Crippen LogP) is 3.01. The number of rotatable bonds is 3. The fraction of sp³-hybridized carbons (Fsp3) is 0.353. The number of thiol groups is 1. The molecule has 7 heteroatoms. The van der Waals surface area contributed by atoms with E-state index in [1.165, 1.54) is 10.3 Å². The summed E-state index contributed by atoms with van der Waals surface area (Å²) in [4.78, 5) is 18.8. The first kappa shape index (κ1) is 15.8. The van der Waals surface area contributed by atoms with E-state index in [1.807, 2.05) is 0 Å². The minimum Gasteiger partial charge on any atom is -0.338 e. The first-order chi connectivity index (χ1) is 11.7. The van der Waals surface area contributed by atoms with Crippen LogP contribution in [0.3, 0.4) is 0 Å². The van der Waals surface area contributed by atoms with Crippen molar-refractivity contribution in [3.8, 4) is 0 Å². The minimum atomic E-state index is 0.796. The van der Waals surface area contributed by atoms with Crippen LogP contribution in [0, 0.1) is 6.92 Å². The molecular weight excluding hydrogens is 338 g/mol. The summed E-state index contributed by atoms with van der Waals surface area (Å²) in [5.74, 6) is 0.798. The average Bonchev–Trinajstić information content (AvgIpc) is 2.96. The number of thiazole rings is 1. The molecule has 5 nitrogen and oxygen atoms in total. The van der Waals surface area contributed by atoms with Crippen molar-refractivity contribution in [1.29, 1.82) is 0 Å². The molecule has 3 aromatic rings. The maximum absolute atomic E-state index is 4.59. The molecule has 0 bridgehead atoms. The molecular formula is C17H19N5S2. The molecule has 0 N–H and O–H groups in total. The Kier molecular flexibility index (Phi) is 4.39. The zero-order valence-corrected chi connectivity index (χ0v) is 15.2. The van der Waals surface area contributed by atoms with Crippen molar-refractivity contribution in [2.45, 2.75) is 18.4 Å². The lowest BCUT2D eigenvalue weighted by Crippen LogP contribution is -2.46. The van der Waals surface area contributed by atoms with Gasteiger partial charge in [0, 0.05) is 50.0 Å². The Balaban J connectivity index is 1.39. The third kappa shape index (κ3) is 3.38. The molecule has 0 spiro atoms. The summed E-state index contributed by atoms with van der Waals surface area (Å²) >= 11 is 5.99. The molecule has 1 saturated heterocycles. The molecule has 24 heavy (non-hydrogen) atoms. The molecule has 1 aliphatic rings. The van der Waals surface area contributed by atoms with Crippen molar-refractivity contribution >= 4 is 40.1 Å². The lowest BCUT2D eigenvalue weighted by Gasteiger charge is -2.34. The molecule has 0 atom stereocenters. The van der Waals surface area contributed by atoms with Gasteiger partial charge >= 0.3 is 0 Å². The van der Waals surface area contributed by atoms with Crippen LogP contribution in [0.1, 0.15) is 10.6 Å². The number of nitrogens with zero attached hydrogens (tertiary/aromatic N) is 5. The summed E-state index contributed by atoms with van der Waals surface area (Å²) < 4.78 is 1.27. The third-order valence-electron chi connectivity index (χ3n) is 4.24. The lowest BCUT2D eigenvalue weighted by atomic mass is 10.2. The highest BCUT2D eigenvalue weighted by Crippen LogP contribution is 2.23. The summed E-state index contributed by atoms with van der Waals surface area (Å²) in [6, 6.07) is 6.64. The number of aromatic nitrogens is 3. The Morgan fingerprint density at radius 2 is 1.88 bits per heavy atom. The molecule has 0 radical (unpaired) electrons. The van der Waals surface area contributed by atoms with E-state index >= 15 is 0 Å². The van der Waals surface area contributed by atoms with Crippen LogP contribution in [-0.4, -0.2) is 46.0 Å². The van der Waals surface area contributed by atoms with Crippen LogP contribution in [-0.2, 0) is 6.54 Å². The highest BCUT2D eigenvalue weighted by atomic mass is 32.1. The summed E-state index contributed by atoms with van der Waals surface area (Å²) in [7, 11) is 0. The third-order valence-corrected chi connectivity index (χ3v) is 5.43. The van der Waals surface area contributed by atoms with Crippen molar-refractivity contribution < 1.29 is 0 Å². The highest BCUT2D eigenvalue weighted by Gasteiger charge is 2.19. The largest absolute Gasteiger partial charge is 0.338 e. The smallest absolute Gasteiger partial charge is 0.225 e. The number of anilines is 1. The first-order valence-electron chi connectivity index (χ1n) is 8.02. The molecule has 1 aromatic carbocycles. The Labute approximate surface area is 150 Å². The maximum atomic E-state index is 4.59. The minimum absolute atomic E-state index is 0.796. The normalized spacial score (nSPS) is 16.0. The zero-order chi connectivity index (χ0) is 16.5. The van der Waals surface area contributed by atoms with Gasteiger partial charge in [-0.3, -0.25) is 4.90 Å². The van der Waals surface area contributed by atoms with Crippen LogP contribution in [0.15, 0.2) is 35.5 Å². The van der Waals surface area contributed by atoms with Crippen LogP contribution in [0.2, 0.25) is 0 Å². The molecule has 0 aliphatic carbocycles. The van der Waals surface area contributed by atoms with E-state index in [9.17, 15) is 0 Å². The Hall–Kier alpha value is -1.70. The lowest BCUT2D eigenvalue weighted by molar-refractivity contribution is 0.249. The number of aryl methyl sites for hydroxylation is 1. The Morgan fingerprint density at radius 3 is 2.62 bits per heavy atom. The van der Waals surface area contributed by atoms with E-state index in [-0.39, 0.29) is 0 Å². The molecule has 1 fully saturated rings. The van der Waals surface area contributed by atoms with E-state index in [2.05, 4.69) is 62.5 Å². The van der Waals surface area contributed by atoms with Crippen molar-refractivity contribution in [2.24, 2.45) is 0 Å². The van der Waals surface area contributed by atoms with Crippen molar-refractivity contribution in [1.82, 2.24) is 19.9 Å². The molecule has 2 aromatic heterocycles. The molecule has 1 aliphatic heterocycles. The summed E-state index contributed by atoms with van der Waals surface area (Å²) in [6.45, 7) is 6.96. The molecule has 124 valence electrons. The maximum Gasteiger partial charge on any atom is 0.225 e. The van der Waals surface area contributed by atoms with Crippen LogP contribution in [0.5, 0.6) is 0 Å². The quantitative estimate of drug-likeness (QED) is 0.730. The van der Waals surface area contributed by atoms with Gasteiger partial charge in [0.1, 0.15) is 0 Å². The Bertz CT molecular complexity index is 838. The van der Waals surface area contributed by atoms with Crippen LogP contribution < -0.4 is 4.90 Å². The van der Waals surface area contributed by atoms with Gasteiger partial charge in [-0.1, -0.05) is 6.07 Å². The van der Waals surface area contributed by atoms with Gasteiger partial charge in [-0.15, -0.1) is 24.0 Å². The fourth-order valence-electron chi connectivity index (χ4n) is 3.03. The van der Waals surface area contributed by atoms with Crippen LogP contribution >= 0.6 is 24.0 Å². The standard InChI is InChI=1S/C17H19N5S2/c1-12-20-15-8-13(2-3-16(15)24-12)11-21-4-6-22(7-5-21)17-18-9-14(23)10-19-17/h2-3,8-10,23H,4-7,11H2,1H3. The van der Waals surface area contributed by atoms with Crippen LogP contribution in [0.25, 0.3) is 10.2 Å². The topological polar surface area (TPSA) is 45.2 Å². The molecule has 0 unspecified atom stereocenters. The van der Waals surface area contributed by atoms with Crippen molar-refractivity contribution in [3.63, 3.8) is 0 Å². The van der Waals surface area contributed by atoms with Gasteiger partial charge in [0.2, 0.25) is 5.95 Å². The number of hydrogen-bond donors (Lipinski definition) is 1. The van der Waals surface area contributed by atoms with Crippen molar-refractivity contribution in [2.75, 3.05) is 31.1 Å². The van der Waals surface area contributed by atoms with Crippen molar-refractivity contribution in [3.05, 3.63) is 41.2 Å². The zero-order valence-electron chi connectivity index (χ0n) is 13.5. The summed E-state index contributed by atoms with van der Waals surface area (Å²) in [5, 5.41) is 1.13. The number of hydrogen-bond acceptors (Lipinski definition) is 7.